The van der Waals surface area contributed by atoms with Crippen molar-refractivity contribution in [1.29, 1.82) is 0 Å². The van der Waals surface area contributed by atoms with Crippen molar-refractivity contribution in [2.24, 2.45) is 5.41 Å². The van der Waals surface area contributed by atoms with E-state index in [2.05, 4.69) is 20.8 Å². The zero-order valence-corrected chi connectivity index (χ0v) is 25.1. The molecule has 0 fully saturated rings. The van der Waals surface area contributed by atoms with Crippen LogP contribution in [-0.4, -0.2) is 51.4 Å². The van der Waals surface area contributed by atoms with Gasteiger partial charge in [-0.2, -0.15) is 0 Å². The third-order valence-electron chi connectivity index (χ3n) is 6.86. The molecule has 42 heavy (non-hydrogen) atoms. The largest absolute Gasteiger partial charge is 0.465 e. The molecule has 7 heteroatoms. The summed E-state index contributed by atoms with van der Waals surface area (Å²) < 4.78 is 20.6. The van der Waals surface area contributed by atoms with Crippen LogP contribution >= 0.6 is 0 Å². The average molecular weight is 573 g/mol. The number of methoxy groups -OCH3 is 1. The summed E-state index contributed by atoms with van der Waals surface area (Å²) in [5.41, 5.74) is 1.05. The van der Waals surface area contributed by atoms with Crippen molar-refractivity contribution in [3.05, 3.63) is 95.6 Å². The Balaban J connectivity index is 0.000000235. The first kappa shape index (κ1) is 32.3. The fourth-order valence-electron chi connectivity index (χ4n) is 3.97. The first-order valence-electron chi connectivity index (χ1n) is 14.2. The van der Waals surface area contributed by atoms with Crippen molar-refractivity contribution in [2.75, 3.05) is 33.5 Å². The first-order chi connectivity index (χ1) is 20.2. The van der Waals surface area contributed by atoms with Crippen LogP contribution in [0.4, 0.5) is 0 Å². The van der Waals surface area contributed by atoms with Crippen molar-refractivity contribution < 1.29 is 33.3 Å². The lowest BCUT2D eigenvalue weighted by atomic mass is 9.92. The highest BCUT2D eigenvalue weighted by Gasteiger charge is 2.20. The molecule has 4 aromatic carbocycles. The summed E-state index contributed by atoms with van der Waals surface area (Å²) in [7, 11) is 1.28. The highest BCUT2D eigenvalue weighted by atomic mass is 16.6. The molecule has 0 heterocycles. The first-order valence-corrected chi connectivity index (χ1v) is 14.2. The molecule has 0 N–H and O–H groups in total. The van der Waals surface area contributed by atoms with Gasteiger partial charge in [0, 0.05) is 6.61 Å². The monoisotopic (exact) mass is 572 g/mol. The van der Waals surface area contributed by atoms with E-state index in [0.29, 0.717) is 25.4 Å². The minimum Gasteiger partial charge on any atom is -0.465 e. The number of carbonyl (C=O) groups excluding carboxylic acids is 3. The molecule has 0 saturated carbocycles. The molecule has 0 aliphatic carbocycles. The van der Waals surface area contributed by atoms with Crippen molar-refractivity contribution in [3.8, 4) is 0 Å². The van der Waals surface area contributed by atoms with Crippen molar-refractivity contribution in [1.82, 2.24) is 0 Å². The highest BCUT2D eigenvalue weighted by molar-refractivity contribution is 6.07. The second kappa shape index (κ2) is 15.7. The average Bonchev–Trinajstić information content (AvgIpc) is 3.02. The van der Waals surface area contributed by atoms with Gasteiger partial charge in [0.2, 0.25) is 0 Å². The van der Waals surface area contributed by atoms with Crippen molar-refractivity contribution >= 4 is 39.5 Å². The third kappa shape index (κ3) is 9.14. The van der Waals surface area contributed by atoms with Crippen LogP contribution in [0.15, 0.2) is 78.9 Å². The molecule has 0 saturated heterocycles. The number of benzene rings is 4. The van der Waals surface area contributed by atoms with Crippen LogP contribution in [0, 0.1) is 5.41 Å². The lowest BCUT2D eigenvalue weighted by Crippen LogP contribution is -2.21. The molecule has 0 aliphatic heterocycles. The van der Waals surface area contributed by atoms with E-state index in [1.165, 1.54) is 7.11 Å². The summed E-state index contributed by atoms with van der Waals surface area (Å²) in [5.74, 6) is -1.37. The number of esters is 3. The summed E-state index contributed by atoms with van der Waals surface area (Å²) in [5, 5.41) is 3.91. The van der Waals surface area contributed by atoms with Gasteiger partial charge in [0.25, 0.3) is 0 Å². The summed E-state index contributed by atoms with van der Waals surface area (Å²) in [6, 6.07) is 24.4. The molecule has 0 atom stereocenters. The summed E-state index contributed by atoms with van der Waals surface area (Å²) in [6.07, 6.45) is 1.89. The molecule has 0 aliphatic rings. The number of hydrogen-bond acceptors (Lipinski definition) is 7. The predicted molar refractivity (Wildman–Crippen MR) is 165 cm³/mol. The number of rotatable bonds is 11. The number of carbonyl (C=O) groups is 3. The Kier molecular flexibility index (Phi) is 12.1. The van der Waals surface area contributed by atoms with E-state index in [1.54, 1.807) is 12.1 Å². The third-order valence-corrected chi connectivity index (χ3v) is 6.86. The molecule has 0 bridgehead atoms. The van der Waals surface area contributed by atoms with Crippen LogP contribution in [0.25, 0.3) is 21.5 Å². The van der Waals surface area contributed by atoms with E-state index >= 15 is 0 Å². The molecule has 0 radical (unpaired) electrons. The Hall–Kier alpha value is -4.23. The van der Waals surface area contributed by atoms with E-state index < -0.39 is 11.9 Å². The van der Waals surface area contributed by atoms with Crippen LogP contribution in [0.1, 0.15) is 71.6 Å². The highest BCUT2D eigenvalue weighted by Crippen LogP contribution is 2.23. The molecule has 0 unspecified atom stereocenters. The van der Waals surface area contributed by atoms with Crippen LogP contribution in [-0.2, 0) is 18.9 Å². The van der Waals surface area contributed by atoms with Crippen LogP contribution in [0.3, 0.4) is 0 Å². The van der Waals surface area contributed by atoms with Gasteiger partial charge in [-0.15, -0.1) is 0 Å². The molecule has 4 rings (SSSR count). The minimum atomic E-state index is -0.565. The van der Waals surface area contributed by atoms with Gasteiger partial charge in [-0.1, -0.05) is 82.3 Å². The normalized spacial score (nSPS) is 11.0. The predicted octanol–water partition coefficient (Wildman–Crippen LogP) is 7.64. The SMILES string of the molecule is CCC(C)(C)COC(=O)c1ccc2ccccc2c1.CCCOCCOC(=O)c1cc2ccccc2cc1C(=O)OC. The zero-order chi connectivity index (χ0) is 30.5. The quantitative estimate of drug-likeness (QED) is 0.104. The molecule has 0 amide bonds. The lowest BCUT2D eigenvalue weighted by molar-refractivity contribution is 0.0312. The fourth-order valence-corrected chi connectivity index (χ4v) is 3.97. The fraction of sp³-hybridized carbons (Fsp3) is 0.343. The maximum atomic E-state index is 12.3. The topological polar surface area (TPSA) is 88.1 Å². The Labute approximate surface area is 247 Å². The molecular formula is C35H40O7. The van der Waals surface area contributed by atoms with E-state index in [4.69, 9.17) is 18.9 Å². The Morgan fingerprint density at radius 1 is 0.643 bits per heavy atom. The molecule has 0 spiro atoms. The molecule has 0 aromatic heterocycles. The molecule has 4 aromatic rings. The zero-order valence-electron chi connectivity index (χ0n) is 25.1. The summed E-state index contributed by atoms with van der Waals surface area (Å²) >= 11 is 0. The standard InChI is InChI=1S/C18H20O5.C17H20O2/c1-3-8-22-9-10-23-18(20)16-12-14-7-5-4-6-13(14)11-15(16)17(19)21-2;1-4-17(2,3)12-19-16(18)15-10-9-13-7-5-6-8-14(13)11-15/h4-7,11-12H,3,8-10H2,1-2H3;5-11H,4,12H2,1-3H3. The van der Waals surface area contributed by atoms with Gasteiger partial charge >= 0.3 is 17.9 Å². The van der Waals surface area contributed by atoms with Crippen LogP contribution in [0.5, 0.6) is 0 Å². The number of hydrogen-bond donors (Lipinski definition) is 0. The maximum absolute atomic E-state index is 12.3. The maximum Gasteiger partial charge on any atom is 0.339 e. The van der Waals surface area contributed by atoms with Gasteiger partial charge in [-0.25, -0.2) is 14.4 Å². The van der Waals surface area contributed by atoms with Gasteiger partial charge < -0.3 is 18.9 Å². The second-order valence-electron chi connectivity index (χ2n) is 10.6. The van der Waals surface area contributed by atoms with Gasteiger partial charge in [-0.3, -0.25) is 0 Å². The van der Waals surface area contributed by atoms with Gasteiger partial charge in [0.15, 0.2) is 0 Å². The number of fused-ring (bicyclic) bond motifs is 2. The van der Waals surface area contributed by atoms with Crippen LogP contribution in [0.2, 0.25) is 0 Å². The van der Waals surface area contributed by atoms with E-state index in [1.807, 2.05) is 73.7 Å². The molecule has 7 nitrogen and oxygen atoms in total. The smallest absolute Gasteiger partial charge is 0.339 e. The van der Waals surface area contributed by atoms with Gasteiger partial charge in [0.05, 0.1) is 37.0 Å². The lowest BCUT2D eigenvalue weighted by Gasteiger charge is -2.21. The van der Waals surface area contributed by atoms with Crippen LogP contribution < -0.4 is 0 Å². The van der Waals surface area contributed by atoms with Gasteiger partial charge in [0.1, 0.15) is 6.61 Å². The summed E-state index contributed by atoms with van der Waals surface area (Å²) in [6.45, 7) is 9.86. The van der Waals surface area contributed by atoms with E-state index in [0.717, 1.165) is 34.4 Å². The Morgan fingerprint density at radius 3 is 1.79 bits per heavy atom. The number of ether oxygens (including phenoxy) is 4. The summed E-state index contributed by atoms with van der Waals surface area (Å²) in [4.78, 5) is 36.2. The molecular weight excluding hydrogens is 532 g/mol. The second-order valence-corrected chi connectivity index (χ2v) is 10.6. The van der Waals surface area contributed by atoms with Crippen molar-refractivity contribution in [2.45, 2.75) is 40.5 Å². The minimum absolute atomic E-state index is 0.0342. The molecule has 222 valence electrons. The van der Waals surface area contributed by atoms with E-state index in [9.17, 15) is 14.4 Å². The van der Waals surface area contributed by atoms with E-state index in [-0.39, 0.29) is 29.1 Å². The van der Waals surface area contributed by atoms with Crippen molar-refractivity contribution in [3.63, 3.8) is 0 Å². The Bertz CT molecular complexity index is 1510. The van der Waals surface area contributed by atoms with Gasteiger partial charge in [-0.05, 0) is 64.1 Å². The Morgan fingerprint density at radius 2 is 1.21 bits per heavy atom.